The van der Waals surface area contributed by atoms with Gasteiger partial charge in [0, 0.05) is 33.5 Å². The Morgan fingerprint density at radius 1 is 0.982 bits per heavy atom. The fourth-order valence-electron chi connectivity index (χ4n) is 6.50. The van der Waals surface area contributed by atoms with Gasteiger partial charge in [-0.2, -0.15) is 0 Å². The van der Waals surface area contributed by atoms with Crippen LogP contribution in [0, 0.1) is 5.41 Å². The minimum Gasteiger partial charge on any atom is -0.493 e. The lowest BCUT2D eigenvalue weighted by atomic mass is 9.85. The summed E-state index contributed by atoms with van der Waals surface area (Å²) in [4.78, 5) is 96.5. The van der Waals surface area contributed by atoms with Crippen LogP contribution in [0.2, 0.25) is 0 Å². The minimum atomic E-state index is -1.25. The summed E-state index contributed by atoms with van der Waals surface area (Å²) in [6.45, 7) is 7.37. The highest BCUT2D eigenvalue weighted by Crippen LogP contribution is 2.28. The molecule has 2 aromatic carbocycles. The highest BCUT2D eigenvalue weighted by Gasteiger charge is 2.46. The number of ketones is 1. The predicted octanol–water partition coefficient (Wildman–Crippen LogP) is 1.44. The third kappa shape index (κ3) is 11.8. The molecular weight excluding hydrogens is 708 g/mol. The van der Waals surface area contributed by atoms with E-state index in [9.17, 15) is 33.6 Å². The van der Waals surface area contributed by atoms with Crippen molar-refractivity contribution < 1.29 is 43.0 Å². The molecule has 0 radical (unpaired) electrons. The predicted molar refractivity (Wildman–Crippen MR) is 202 cm³/mol. The third-order valence-electron chi connectivity index (χ3n) is 9.41. The normalized spacial score (nSPS) is 20.3. The number of benzene rings is 2. The standard InChI is InChI=1S/C40H54N6O9/c1-7-13-29(34(49)37(51)41-23-32(48)43-33(38(52)45(5)6)26-15-9-8-10-16-26)42-36(50)30-22-28-24-46(30)39(53)35(40(2,3)4)44-31(47)21-25-14-11-17-27(20-25)54-18-12-19-55-28/h8-11,14-17,20,28-30,33,35H,7,12-13,18-19,21-24H2,1-6H3,(H,41,51)(H,42,50)(H,43,48)(H,44,47)/t28-,29-,30+,33+,35-/m1/s1. The molecular formula is C40H54N6O9. The summed E-state index contributed by atoms with van der Waals surface area (Å²) < 4.78 is 12.0. The van der Waals surface area contributed by atoms with Gasteiger partial charge in [0.2, 0.25) is 35.3 Å². The van der Waals surface area contributed by atoms with E-state index >= 15 is 0 Å². The number of hydrogen-bond donors (Lipinski definition) is 4. The van der Waals surface area contributed by atoms with Crippen LogP contribution >= 0.6 is 0 Å². The number of nitrogens with one attached hydrogen (secondary N) is 4. The Labute approximate surface area is 322 Å². The average molecular weight is 763 g/mol. The van der Waals surface area contributed by atoms with Gasteiger partial charge in [0.15, 0.2) is 0 Å². The smallest absolute Gasteiger partial charge is 0.290 e. The van der Waals surface area contributed by atoms with Crippen LogP contribution in [0.3, 0.4) is 0 Å². The van der Waals surface area contributed by atoms with Crippen molar-refractivity contribution in [3.63, 3.8) is 0 Å². The number of Topliss-reactive ketones (excluding diaryl/α,β-unsaturated/α-hetero) is 1. The van der Waals surface area contributed by atoms with Gasteiger partial charge in [0.05, 0.1) is 38.3 Å². The van der Waals surface area contributed by atoms with Gasteiger partial charge in [-0.05, 0) is 35.1 Å². The molecule has 298 valence electrons. The third-order valence-corrected chi connectivity index (χ3v) is 9.41. The van der Waals surface area contributed by atoms with Gasteiger partial charge in [-0.25, -0.2) is 0 Å². The van der Waals surface area contributed by atoms with Crippen molar-refractivity contribution in [3.8, 4) is 5.75 Å². The molecule has 1 fully saturated rings. The van der Waals surface area contributed by atoms with Crippen molar-refractivity contribution in [1.82, 2.24) is 31.1 Å². The lowest BCUT2D eigenvalue weighted by Gasteiger charge is -2.35. The first-order chi connectivity index (χ1) is 26.1. The van der Waals surface area contributed by atoms with Gasteiger partial charge >= 0.3 is 0 Å². The molecule has 55 heavy (non-hydrogen) atoms. The summed E-state index contributed by atoms with van der Waals surface area (Å²) >= 11 is 0. The van der Waals surface area contributed by atoms with Crippen molar-refractivity contribution in [2.75, 3.05) is 40.4 Å². The number of likely N-dealkylation sites (N-methyl/N-ethyl adjacent to an activating group) is 1. The Hall–Kier alpha value is -5.31. The first-order valence-corrected chi connectivity index (χ1v) is 18.7. The number of nitrogens with zero attached hydrogens (tertiary/aromatic N) is 2. The fraction of sp³-hybridized carbons (Fsp3) is 0.525. The van der Waals surface area contributed by atoms with Gasteiger partial charge in [-0.15, -0.1) is 0 Å². The zero-order valence-corrected chi connectivity index (χ0v) is 32.5. The highest BCUT2D eigenvalue weighted by atomic mass is 16.5. The number of rotatable bonds is 11. The van der Waals surface area contributed by atoms with E-state index in [1.807, 2.05) is 20.8 Å². The molecule has 0 aromatic heterocycles. The van der Waals surface area contributed by atoms with E-state index in [0.29, 0.717) is 42.9 Å². The molecule has 15 nitrogen and oxygen atoms in total. The lowest BCUT2D eigenvalue weighted by Crippen LogP contribution is -2.59. The molecule has 2 aliphatic heterocycles. The van der Waals surface area contributed by atoms with Crippen LogP contribution in [-0.4, -0.2) is 116 Å². The summed E-state index contributed by atoms with van der Waals surface area (Å²) in [5.74, 6) is -4.03. The number of amides is 6. The summed E-state index contributed by atoms with van der Waals surface area (Å²) in [5, 5.41) is 10.5. The van der Waals surface area contributed by atoms with E-state index in [2.05, 4.69) is 21.3 Å². The summed E-state index contributed by atoms with van der Waals surface area (Å²) in [6, 6.07) is 11.5. The van der Waals surface area contributed by atoms with Crippen LogP contribution in [0.4, 0.5) is 0 Å². The van der Waals surface area contributed by atoms with Gasteiger partial charge in [0.1, 0.15) is 23.9 Å². The summed E-state index contributed by atoms with van der Waals surface area (Å²) in [6.07, 6.45) is 0.692. The lowest BCUT2D eigenvalue weighted by molar-refractivity contribution is -0.145. The van der Waals surface area contributed by atoms with Crippen molar-refractivity contribution in [2.45, 2.75) is 90.1 Å². The number of hydrogen-bond acceptors (Lipinski definition) is 9. The Kier molecular flexibility index (Phi) is 14.9. The SMILES string of the molecule is CCC[C@@H](NC(=O)[C@@H]1C[C@@H]2CN1C(=O)[C@H](C(C)(C)C)NC(=O)Cc1cccc(c1)OCCCO2)C(=O)C(=O)NCC(=O)N[C@H](C(=O)N(C)C)c1ccccc1. The van der Waals surface area contributed by atoms with Crippen LogP contribution in [0.15, 0.2) is 54.6 Å². The van der Waals surface area contributed by atoms with E-state index in [1.54, 1.807) is 75.6 Å². The second-order valence-electron chi connectivity index (χ2n) is 15.2. The molecule has 2 aromatic rings. The molecule has 2 aliphatic rings. The zero-order valence-electron chi connectivity index (χ0n) is 32.5. The van der Waals surface area contributed by atoms with Gasteiger partial charge in [-0.3, -0.25) is 33.6 Å². The molecule has 5 atom stereocenters. The monoisotopic (exact) mass is 762 g/mol. The molecule has 0 unspecified atom stereocenters. The molecule has 4 rings (SSSR count). The van der Waals surface area contributed by atoms with Gasteiger partial charge in [0.25, 0.3) is 5.91 Å². The maximum absolute atomic E-state index is 14.3. The fourth-order valence-corrected chi connectivity index (χ4v) is 6.50. The van der Waals surface area contributed by atoms with E-state index in [4.69, 9.17) is 9.47 Å². The van der Waals surface area contributed by atoms with Crippen molar-refractivity contribution in [3.05, 3.63) is 65.7 Å². The summed E-state index contributed by atoms with van der Waals surface area (Å²) in [5.41, 5.74) is 0.513. The van der Waals surface area contributed by atoms with E-state index in [-0.39, 0.29) is 37.6 Å². The van der Waals surface area contributed by atoms with Crippen LogP contribution in [0.1, 0.15) is 70.5 Å². The maximum atomic E-state index is 14.3. The van der Waals surface area contributed by atoms with Crippen LogP contribution in [0.25, 0.3) is 0 Å². The minimum absolute atomic E-state index is 0.0130. The molecule has 0 spiro atoms. The van der Waals surface area contributed by atoms with E-state index in [1.165, 1.54) is 9.80 Å². The second-order valence-corrected chi connectivity index (χ2v) is 15.2. The van der Waals surface area contributed by atoms with E-state index in [0.717, 1.165) is 0 Å². The van der Waals surface area contributed by atoms with Crippen LogP contribution < -0.4 is 26.0 Å². The first kappa shape index (κ1) is 42.4. The Morgan fingerprint density at radius 3 is 2.38 bits per heavy atom. The van der Waals surface area contributed by atoms with Crippen molar-refractivity contribution in [2.24, 2.45) is 5.41 Å². The highest BCUT2D eigenvalue weighted by molar-refractivity contribution is 6.38. The van der Waals surface area contributed by atoms with Gasteiger partial charge < -0.3 is 40.5 Å². The molecule has 4 bridgehead atoms. The van der Waals surface area contributed by atoms with Crippen LogP contribution in [-0.2, 0) is 44.7 Å². The summed E-state index contributed by atoms with van der Waals surface area (Å²) in [7, 11) is 3.11. The van der Waals surface area contributed by atoms with Crippen molar-refractivity contribution >= 4 is 41.2 Å². The Morgan fingerprint density at radius 2 is 1.71 bits per heavy atom. The number of carbonyl (C=O) groups excluding carboxylic acids is 7. The molecule has 4 N–H and O–H groups in total. The molecule has 0 aliphatic carbocycles. The zero-order chi connectivity index (χ0) is 40.3. The Balaban J connectivity index is 1.47. The van der Waals surface area contributed by atoms with Crippen LogP contribution in [0.5, 0.6) is 5.75 Å². The molecule has 6 amide bonds. The molecule has 2 heterocycles. The maximum Gasteiger partial charge on any atom is 0.290 e. The van der Waals surface area contributed by atoms with Crippen molar-refractivity contribution in [1.29, 1.82) is 0 Å². The Bertz CT molecular complexity index is 1710. The quantitative estimate of drug-likeness (QED) is 0.246. The molecule has 0 saturated carbocycles. The molecule has 1 saturated heterocycles. The van der Waals surface area contributed by atoms with Gasteiger partial charge in [-0.1, -0.05) is 76.6 Å². The average Bonchev–Trinajstić information content (AvgIpc) is 3.58. The largest absolute Gasteiger partial charge is 0.493 e. The first-order valence-electron chi connectivity index (χ1n) is 18.7. The molecule has 15 heteroatoms. The number of carbonyl (C=O) groups is 7. The second kappa shape index (κ2) is 19.3. The number of fused-ring (bicyclic) bond motifs is 4. The number of ether oxygens (including phenoxy) is 2. The topological polar surface area (TPSA) is 193 Å². The van der Waals surface area contributed by atoms with E-state index < -0.39 is 71.6 Å².